The zero-order chi connectivity index (χ0) is 13.9. The van der Waals surface area contributed by atoms with Gasteiger partial charge in [0.15, 0.2) is 0 Å². The molecule has 3 rings (SSSR count). The number of aryl methyl sites for hydroxylation is 1. The molecule has 1 aliphatic heterocycles. The van der Waals surface area contributed by atoms with Crippen molar-refractivity contribution in [3.05, 3.63) is 28.8 Å². The molecule has 2 unspecified atom stereocenters. The van der Waals surface area contributed by atoms with Crippen molar-refractivity contribution in [3.8, 4) is 5.75 Å². The second-order valence-electron chi connectivity index (χ2n) is 5.82. The molecule has 3 nitrogen and oxygen atoms in total. The first kappa shape index (κ1) is 13.6. The second-order valence-corrected chi connectivity index (χ2v) is 5.82. The van der Waals surface area contributed by atoms with Crippen LogP contribution < -0.4 is 4.74 Å². The first-order chi connectivity index (χ1) is 9.79. The van der Waals surface area contributed by atoms with Crippen LogP contribution in [0, 0.1) is 6.92 Å². The number of hydrogen-bond donors (Lipinski definition) is 0. The van der Waals surface area contributed by atoms with E-state index in [1.54, 1.807) is 7.11 Å². The summed E-state index contributed by atoms with van der Waals surface area (Å²) in [6, 6.07) is 4.98. The standard InChI is InChI=1S/C17H23NO2/c1-12-9-13-11-18-16-6-3-5-14(16)15(13)10-17(12)20-8-4-7-19-2/h9-11,14,16H,3-8H2,1-2H3. The van der Waals surface area contributed by atoms with E-state index in [0.717, 1.165) is 25.4 Å². The molecule has 0 radical (unpaired) electrons. The van der Waals surface area contributed by atoms with Crippen molar-refractivity contribution in [2.75, 3.05) is 20.3 Å². The monoisotopic (exact) mass is 273 g/mol. The number of aliphatic imine (C=N–C) groups is 1. The van der Waals surface area contributed by atoms with Crippen LogP contribution >= 0.6 is 0 Å². The normalized spacial score (nSPS) is 23.5. The molecule has 0 amide bonds. The van der Waals surface area contributed by atoms with Crippen LogP contribution in [0.25, 0.3) is 0 Å². The largest absolute Gasteiger partial charge is 0.493 e. The van der Waals surface area contributed by atoms with Crippen LogP contribution in [0.15, 0.2) is 17.1 Å². The van der Waals surface area contributed by atoms with Crippen molar-refractivity contribution in [2.45, 2.75) is 44.6 Å². The van der Waals surface area contributed by atoms with Gasteiger partial charge in [-0.15, -0.1) is 0 Å². The Bertz CT molecular complexity index is 510. The molecule has 3 heteroatoms. The maximum atomic E-state index is 5.93. The van der Waals surface area contributed by atoms with Gasteiger partial charge in [-0.05, 0) is 48.6 Å². The topological polar surface area (TPSA) is 30.8 Å². The van der Waals surface area contributed by atoms with Crippen LogP contribution in [0.3, 0.4) is 0 Å². The summed E-state index contributed by atoms with van der Waals surface area (Å²) >= 11 is 0. The molecule has 1 saturated carbocycles. The van der Waals surface area contributed by atoms with E-state index in [-0.39, 0.29) is 0 Å². The highest BCUT2D eigenvalue weighted by molar-refractivity contribution is 5.84. The molecule has 2 aliphatic rings. The van der Waals surface area contributed by atoms with Gasteiger partial charge in [0.1, 0.15) is 5.75 Å². The predicted octanol–water partition coefficient (Wildman–Crippen LogP) is 3.48. The van der Waals surface area contributed by atoms with Crippen molar-refractivity contribution < 1.29 is 9.47 Å². The number of methoxy groups -OCH3 is 1. The van der Waals surface area contributed by atoms with Crippen LogP contribution in [0.4, 0.5) is 0 Å². The summed E-state index contributed by atoms with van der Waals surface area (Å²) < 4.78 is 11.0. The predicted molar refractivity (Wildman–Crippen MR) is 81.1 cm³/mol. The van der Waals surface area contributed by atoms with Crippen molar-refractivity contribution in [3.63, 3.8) is 0 Å². The lowest BCUT2D eigenvalue weighted by molar-refractivity contribution is 0.172. The molecule has 1 aromatic rings. The lowest BCUT2D eigenvalue weighted by atomic mass is 9.87. The fraction of sp³-hybridized carbons (Fsp3) is 0.588. The third-order valence-corrected chi connectivity index (χ3v) is 4.42. The molecule has 0 saturated heterocycles. The SMILES string of the molecule is COCCCOc1cc2c(cc1C)C=NC1CCCC21. The smallest absolute Gasteiger partial charge is 0.122 e. The van der Waals surface area contributed by atoms with Crippen LogP contribution in [0.5, 0.6) is 5.75 Å². The first-order valence-electron chi connectivity index (χ1n) is 7.59. The molecule has 0 N–H and O–H groups in total. The number of fused-ring (bicyclic) bond motifs is 3. The van der Waals surface area contributed by atoms with Gasteiger partial charge in [-0.25, -0.2) is 0 Å². The molecule has 1 fully saturated rings. The highest BCUT2D eigenvalue weighted by Crippen LogP contribution is 2.42. The maximum Gasteiger partial charge on any atom is 0.122 e. The summed E-state index contributed by atoms with van der Waals surface area (Å²) in [7, 11) is 1.73. The molecule has 0 aromatic heterocycles. The Morgan fingerprint density at radius 1 is 1.25 bits per heavy atom. The van der Waals surface area contributed by atoms with Crippen LogP contribution in [-0.2, 0) is 4.74 Å². The van der Waals surface area contributed by atoms with Crippen molar-refractivity contribution >= 4 is 6.21 Å². The summed E-state index contributed by atoms with van der Waals surface area (Å²) in [5, 5.41) is 0. The van der Waals surface area contributed by atoms with Gasteiger partial charge in [-0.3, -0.25) is 4.99 Å². The van der Waals surface area contributed by atoms with Gasteiger partial charge >= 0.3 is 0 Å². The Morgan fingerprint density at radius 3 is 3.00 bits per heavy atom. The van der Waals surface area contributed by atoms with E-state index in [2.05, 4.69) is 25.3 Å². The number of hydrogen-bond acceptors (Lipinski definition) is 3. The van der Waals surface area contributed by atoms with E-state index in [1.165, 1.54) is 36.0 Å². The van der Waals surface area contributed by atoms with Gasteiger partial charge in [-0.2, -0.15) is 0 Å². The van der Waals surface area contributed by atoms with Crippen molar-refractivity contribution in [1.29, 1.82) is 0 Å². The van der Waals surface area contributed by atoms with Gasteiger partial charge < -0.3 is 9.47 Å². The molecule has 2 atom stereocenters. The molecule has 1 aliphatic carbocycles. The average Bonchev–Trinajstić information content (AvgIpc) is 2.92. The van der Waals surface area contributed by atoms with E-state index in [9.17, 15) is 0 Å². The summed E-state index contributed by atoms with van der Waals surface area (Å²) in [5.41, 5.74) is 3.92. The lowest BCUT2D eigenvalue weighted by Gasteiger charge is -2.24. The van der Waals surface area contributed by atoms with E-state index < -0.39 is 0 Å². The Balaban J connectivity index is 1.79. The number of benzene rings is 1. The molecule has 108 valence electrons. The quantitative estimate of drug-likeness (QED) is 0.769. The van der Waals surface area contributed by atoms with Crippen LogP contribution in [0.1, 0.15) is 48.3 Å². The van der Waals surface area contributed by atoms with Crippen molar-refractivity contribution in [2.24, 2.45) is 4.99 Å². The molecule has 0 spiro atoms. The zero-order valence-corrected chi connectivity index (χ0v) is 12.4. The Kier molecular flexibility index (Phi) is 4.06. The zero-order valence-electron chi connectivity index (χ0n) is 12.4. The third kappa shape index (κ3) is 2.59. The van der Waals surface area contributed by atoms with Gasteiger partial charge in [-0.1, -0.05) is 6.42 Å². The van der Waals surface area contributed by atoms with Gasteiger partial charge in [0, 0.05) is 32.3 Å². The van der Waals surface area contributed by atoms with Gasteiger partial charge in [0.2, 0.25) is 0 Å². The molecule has 20 heavy (non-hydrogen) atoms. The summed E-state index contributed by atoms with van der Waals surface area (Å²) in [6.07, 6.45) is 6.79. The Morgan fingerprint density at radius 2 is 2.15 bits per heavy atom. The maximum absolute atomic E-state index is 5.93. The highest BCUT2D eigenvalue weighted by Gasteiger charge is 2.32. The molecular formula is C17H23NO2. The highest BCUT2D eigenvalue weighted by atomic mass is 16.5. The molecule has 1 aromatic carbocycles. The summed E-state index contributed by atoms with van der Waals surface area (Å²) in [5.74, 6) is 1.64. The first-order valence-corrected chi connectivity index (χ1v) is 7.59. The lowest BCUT2D eigenvalue weighted by Crippen LogP contribution is -2.17. The van der Waals surface area contributed by atoms with Crippen LogP contribution in [0.2, 0.25) is 0 Å². The number of nitrogens with zero attached hydrogens (tertiary/aromatic N) is 1. The van der Waals surface area contributed by atoms with E-state index in [0.29, 0.717) is 12.0 Å². The molecular weight excluding hydrogens is 250 g/mol. The summed E-state index contributed by atoms with van der Waals surface area (Å²) in [6.45, 7) is 3.58. The van der Waals surface area contributed by atoms with Crippen LogP contribution in [-0.4, -0.2) is 32.6 Å². The minimum atomic E-state index is 0.506. The van der Waals surface area contributed by atoms with Gasteiger partial charge in [0.05, 0.1) is 12.6 Å². The van der Waals surface area contributed by atoms with Gasteiger partial charge in [0.25, 0.3) is 0 Å². The number of rotatable bonds is 5. The van der Waals surface area contributed by atoms with Crippen molar-refractivity contribution in [1.82, 2.24) is 0 Å². The minimum Gasteiger partial charge on any atom is -0.493 e. The third-order valence-electron chi connectivity index (χ3n) is 4.42. The number of ether oxygens (including phenoxy) is 2. The molecule has 1 heterocycles. The van der Waals surface area contributed by atoms with E-state index in [1.807, 2.05) is 0 Å². The fourth-order valence-corrected chi connectivity index (χ4v) is 3.36. The summed E-state index contributed by atoms with van der Waals surface area (Å²) in [4.78, 5) is 4.71. The Labute approximate surface area is 121 Å². The average molecular weight is 273 g/mol. The molecule has 0 bridgehead atoms. The Hall–Kier alpha value is -1.35. The van der Waals surface area contributed by atoms with E-state index in [4.69, 9.17) is 14.5 Å². The second kappa shape index (κ2) is 5.96. The van der Waals surface area contributed by atoms with E-state index >= 15 is 0 Å². The minimum absolute atomic E-state index is 0.506. The fourth-order valence-electron chi connectivity index (χ4n) is 3.36.